The molecule has 0 aliphatic heterocycles. The van der Waals surface area contributed by atoms with Gasteiger partial charge in [-0.05, 0) is 39.4 Å². The lowest BCUT2D eigenvalue weighted by atomic mass is 9.74. The van der Waals surface area contributed by atoms with E-state index in [1.807, 2.05) is 6.26 Å². The molecule has 0 bridgehead atoms. The Bertz CT molecular complexity index is 308. The van der Waals surface area contributed by atoms with Gasteiger partial charge in [0.2, 0.25) is 5.91 Å². The van der Waals surface area contributed by atoms with Crippen molar-refractivity contribution in [2.45, 2.75) is 33.2 Å². The fraction of sp³-hybridized carbons (Fsp3) is 0.636. The van der Waals surface area contributed by atoms with E-state index in [0.717, 1.165) is 0 Å². The molecule has 0 aromatic rings. The van der Waals surface area contributed by atoms with Crippen molar-refractivity contribution in [2.75, 3.05) is 6.26 Å². The van der Waals surface area contributed by atoms with Crippen LogP contribution in [0.4, 0.5) is 0 Å². The van der Waals surface area contributed by atoms with E-state index in [1.165, 1.54) is 17.8 Å². The summed E-state index contributed by atoms with van der Waals surface area (Å²) in [6, 6.07) is 0. The van der Waals surface area contributed by atoms with Crippen molar-refractivity contribution >= 4 is 23.6 Å². The Morgan fingerprint density at radius 2 is 1.75 bits per heavy atom. The number of hydrogen-bond acceptors (Lipinski definition) is 3. The zero-order valence-corrected chi connectivity index (χ0v) is 11.1. The second kappa shape index (κ2) is 5.39. The number of carbonyl (C=O) groups excluding carboxylic acids is 1. The van der Waals surface area contributed by atoms with Gasteiger partial charge in [0.25, 0.3) is 0 Å². The van der Waals surface area contributed by atoms with E-state index in [0.29, 0.717) is 0 Å². The van der Waals surface area contributed by atoms with Crippen molar-refractivity contribution < 1.29 is 14.7 Å². The summed E-state index contributed by atoms with van der Waals surface area (Å²) < 4.78 is 0. The lowest BCUT2D eigenvalue weighted by Crippen LogP contribution is -2.56. The first kappa shape index (κ1) is 15.0. The largest absolute Gasteiger partial charge is 0.481 e. The summed E-state index contributed by atoms with van der Waals surface area (Å²) in [5.41, 5.74) is -1.85. The van der Waals surface area contributed by atoms with Crippen molar-refractivity contribution in [1.29, 1.82) is 0 Å². The van der Waals surface area contributed by atoms with E-state index in [1.54, 1.807) is 33.1 Å². The number of carboxylic acids is 1. The van der Waals surface area contributed by atoms with Crippen molar-refractivity contribution in [3.05, 3.63) is 11.5 Å². The Kier molecular flexibility index (Phi) is 5.06. The third kappa shape index (κ3) is 3.56. The Labute approximate surface area is 100 Å². The minimum absolute atomic E-state index is 0.284. The number of thioether (sulfide) groups is 1. The normalized spacial score (nSPS) is 12.8. The Morgan fingerprint density at radius 3 is 2.12 bits per heavy atom. The van der Waals surface area contributed by atoms with Crippen LogP contribution in [-0.2, 0) is 9.59 Å². The predicted molar refractivity (Wildman–Crippen MR) is 66.3 cm³/mol. The van der Waals surface area contributed by atoms with Crippen molar-refractivity contribution in [2.24, 2.45) is 5.41 Å². The van der Waals surface area contributed by atoms with Gasteiger partial charge in [0.05, 0.1) is 11.0 Å². The number of rotatable bonds is 5. The topological polar surface area (TPSA) is 66.4 Å². The van der Waals surface area contributed by atoms with Gasteiger partial charge in [0.15, 0.2) is 0 Å². The molecule has 0 spiro atoms. The van der Waals surface area contributed by atoms with Gasteiger partial charge in [-0.1, -0.05) is 0 Å². The first-order chi connectivity index (χ1) is 7.15. The predicted octanol–water partition coefficient (Wildman–Crippen LogP) is 1.87. The van der Waals surface area contributed by atoms with Crippen molar-refractivity contribution in [3.8, 4) is 0 Å². The molecule has 0 atom stereocenters. The average molecular weight is 245 g/mol. The van der Waals surface area contributed by atoms with E-state index < -0.39 is 16.9 Å². The first-order valence-electron chi connectivity index (χ1n) is 4.90. The summed E-state index contributed by atoms with van der Waals surface area (Å²) in [6.45, 7) is 6.58. The van der Waals surface area contributed by atoms with Gasteiger partial charge < -0.3 is 10.4 Å². The number of nitrogens with one attached hydrogen (secondary N) is 1. The van der Waals surface area contributed by atoms with Crippen LogP contribution >= 0.6 is 11.8 Å². The second-order valence-corrected chi connectivity index (χ2v) is 5.33. The highest BCUT2D eigenvalue weighted by Crippen LogP contribution is 2.30. The summed E-state index contributed by atoms with van der Waals surface area (Å²) in [4.78, 5) is 22.6. The molecule has 92 valence electrons. The van der Waals surface area contributed by atoms with Crippen LogP contribution in [0.1, 0.15) is 27.7 Å². The zero-order valence-electron chi connectivity index (χ0n) is 10.3. The molecule has 1 amide bonds. The van der Waals surface area contributed by atoms with Gasteiger partial charge in [0.1, 0.15) is 0 Å². The van der Waals surface area contributed by atoms with Crippen molar-refractivity contribution in [1.82, 2.24) is 5.32 Å². The smallest absolute Gasteiger partial charge is 0.311 e. The van der Waals surface area contributed by atoms with Crippen LogP contribution in [0.3, 0.4) is 0 Å². The summed E-state index contributed by atoms with van der Waals surface area (Å²) >= 11 is 1.41. The number of amides is 1. The van der Waals surface area contributed by atoms with Crippen LogP contribution in [0.5, 0.6) is 0 Å². The summed E-state index contributed by atoms with van der Waals surface area (Å²) in [7, 11) is 0. The van der Waals surface area contributed by atoms with Crippen LogP contribution in [0.15, 0.2) is 11.5 Å². The lowest BCUT2D eigenvalue weighted by molar-refractivity contribution is -0.151. The van der Waals surface area contributed by atoms with Crippen LogP contribution in [-0.4, -0.2) is 28.8 Å². The first-order valence-corrected chi connectivity index (χ1v) is 6.19. The molecular formula is C11H19NO3S. The van der Waals surface area contributed by atoms with Crippen LogP contribution in [0.25, 0.3) is 0 Å². The molecule has 0 aromatic carbocycles. The highest BCUT2D eigenvalue weighted by atomic mass is 32.2. The molecule has 0 aliphatic carbocycles. The second-order valence-electron chi connectivity index (χ2n) is 4.58. The van der Waals surface area contributed by atoms with Gasteiger partial charge >= 0.3 is 5.97 Å². The summed E-state index contributed by atoms with van der Waals surface area (Å²) in [6.07, 6.45) is 3.24. The maximum absolute atomic E-state index is 11.5. The van der Waals surface area contributed by atoms with E-state index >= 15 is 0 Å². The Balaban J connectivity index is 4.75. The van der Waals surface area contributed by atoms with Gasteiger partial charge in [0, 0.05) is 6.08 Å². The average Bonchev–Trinajstić information content (AvgIpc) is 2.13. The molecular weight excluding hydrogens is 226 g/mol. The third-order valence-corrected chi connectivity index (χ3v) is 3.30. The van der Waals surface area contributed by atoms with Gasteiger partial charge in [-0.25, -0.2) is 0 Å². The fourth-order valence-electron chi connectivity index (χ4n) is 0.903. The quantitative estimate of drug-likeness (QED) is 0.726. The van der Waals surface area contributed by atoms with Gasteiger partial charge in [-0.3, -0.25) is 9.59 Å². The maximum Gasteiger partial charge on any atom is 0.311 e. The number of carboxylic acid groups (broad SMARTS) is 1. The van der Waals surface area contributed by atoms with Crippen molar-refractivity contribution in [3.63, 3.8) is 0 Å². The molecule has 0 fully saturated rings. The Morgan fingerprint density at radius 1 is 1.25 bits per heavy atom. The molecule has 5 heteroatoms. The summed E-state index contributed by atoms with van der Waals surface area (Å²) in [5.74, 6) is -1.22. The van der Waals surface area contributed by atoms with Crippen LogP contribution < -0.4 is 5.32 Å². The SMILES string of the molecule is CS/C=C/C(=O)NC(C)(C)C(C)(C)C(=O)O. The van der Waals surface area contributed by atoms with E-state index in [9.17, 15) is 9.59 Å². The van der Waals surface area contributed by atoms with Gasteiger partial charge in [-0.2, -0.15) is 0 Å². The number of hydrogen-bond donors (Lipinski definition) is 2. The molecule has 4 nitrogen and oxygen atoms in total. The van der Waals surface area contributed by atoms with E-state index in [2.05, 4.69) is 5.32 Å². The van der Waals surface area contributed by atoms with Gasteiger partial charge in [-0.15, -0.1) is 11.8 Å². The molecule has 16 heavy (non-hydrogen) atoms. The molecule has 0 saturated heterocycles. The number of aliphatic carboxylic acids is 1. The zero-order chi connectivity index (χ0) is 13.0. The molecule has 0 aliphatic rings. The van der Waals surface area contributed by atoms with E-state index in [-0.39, 0.29) is 5.91 Å². The molecule has 0 aromatic heterocycles. The molecule has 0 unspecified atom stereocenters. The highest BCUT2D eigenvalue weighted by molar-refractivity contribution is 8.01. The highest BCUT2D eigenvalue weighted by Gasteiger charge is 2.44. The van der Waals surface area contributed by atoms with E-state index in [4.69, 9.17) is 5.11 Å². The fourth-order valence-corrected chi connectivity index (χ4v) is 1.16. The third-order valence-electron chi connectivity index (χ3n) is 2.89. The maximum atomic E-state index is 11.5. The molecule has 0 heterocycles. The lowest BCUT2D eigenvalue weighted by Gasteiger charge is -2.38. The minimum atomic E-state index is -1.03. The minimum Gasteiger partial charge on any atom is -0.481 e. The number of carbonyl (C=O) groups is 2. The Hall–Kier alpha value is -0.970. The molecule has 0 radical (unpaired) electrons. The standard InChI is InChI=1S/C11H19NO3S/c1-10(2,9(14)15)11(3,4)12-8(13)6-7-16-5/h6-7H,1-5H3,(H,12,13)(H,14,15)/b7-6+. The molecule has 2 N–H and O–H groups in total. The molecule has 0 saturated carbocycles. The van der Waals surface area contributed by atoms with Crippen LogP contribution in [0, 0.1) is 5.41 Å². The molecule has 0 rings (SSSR count). The summed E-state index contributed by atoms with van der Waals surface area (Å²) in [5, 5.41) is 13.4. The van der Waals surface area contributed by atoms with Crippen LogP contribution in [0.2, 0.25) is 0 Å². The monoisotopic (exact) mass is 245 g/mol.